The Hall–Kier alpha value is -2.18. The van der Waals surface area contributed by atoms with Crippen LogP contribution in [0.5, 0.6) is 0 Å². The topological polar surface area (TPSA) is 45.3 Å². The first kappa shape index (κ1) is 17.6. The van der Waals surface area contributed by atoms with Gasteiger partial charge in [0.25, 0.3) is 5.91 Å². The van der Waals surface area contributed by atoms with Gasteiger partial charge in [0.05, 0.1) is 18.7 Å². The Balaban J connectivity index is 1.93. The van der Waals surface area contributed by atoms with E-state index in [1.165, 1.54) is 10.9 Å². The van der Waals surface area contributed by atoms with Crippen LogP contribution in [0.1, 0.15) is 25.8 Å². The van der Waals surface area contributed by atoms with Gasteiger partial charge in [-0.05, 0) is 37.6 Å². The average molecular weight is 360 g/mol. The molecule has 25 heavy (non-hydrogen) atoms. The summed E-state index contributed by atoms with van der Waals surface area (Å²) in [6, 6.07) is 8.95. The highest BCUT2D eigenvalue weighted by Gasteiger charge is 2.22. The van der Waals surface area contributed by atoms with Gasteiger partial charge in [0, 0.05) is 28.8 Å². The van der Waals surface area contributed by atoms with Crippen LogP contribution in [0, 0.1) is 19.7 Å². The number of halogens is 1. The number of fused-ring (bicyclic) bond motifs is 1. The van der Waals surface area contributed by atoms with Gasteiger partial charge < -0.3 is 14.6 Å². The van der Waals surface area contributed by atoms with Gasteiger partial charge in [0.1, 0.15) is 11.5 Å². The number of rotatable bonds is 6. The van der Waals surface area contributed by atoms with Crippen LogP contribution in [-0.4, -0.2) is 36.1 Å². The highest BCUT2D eigenvalue weighted by molar-refractivity contribution is 7.11. The fourth-order valence-electron chi connectivity index (χ4n) is 2.90. The zero-order valence-electron chi connectivity index (χ0n) is 14.6. The fourth-order valence-corrected chi connectivity index (χ4v) is 3.81. The minimum atomic E-state index is -0.350. The second-order valence-electron chi connectivity index (χ2n) is 6.02. The van der Waals surface area contributed by atoms with Gasteiger partial charge in [0.15, 0.2) is 0 Å². The SMILES string of the molecule is COCCN(Cc1ccc(C)s1)C(=O)c1[nH]c2c(F)cccc2c1C. The molecule has 3 rings (SSSR count). The lowest BCUT2D eigenvalue weighted by molar-refractivity contribution is 0.0677. The summed E-state index contributed by atoms with van der Waals surface area (Å²) in [7, 11) is 1.61. The molecule has 1 N–H and O–H groups in total. The van der Waals surface area contributed by atoms with Crippen LogP contribution in [0.25, 0.3) is 10.9 Å². The molecule has 2 heterocycles. The second-order valence-corrected chi connectivity index (χ2v) is 7.39. The van der Waals surface area contributed by atoms with Gasteiger partial charge in [-0.15, -0.1) is 11.3 Å². The Kier molecular flexibility index (Phi) is 5.20. The van der Waals surface area contributed by atoms with E-state index in [2.05, 4.69) is 4.98 Å². The molecular weight excluding hydrogens is 339 g/mol. The van der Waals surface area contributed by atoms with E-state index in [1.54, 1.807) is 29.4 Å². The van der Waals surface area contributed by atoms with Crippen LogP contribution >= 0.6 is 11.3 Å². The fraction of sp³-hybridized carbons (Fsp3) is 0.316. The molecule has 0 unspecified atom stereocenters. The zero-order valence-corrected chi connectivity index (χ0v) is 15.4. The van der Waals surface area contributed by atoms with Crippen LogP contribution in [0.2, 0.25) is 0 Å². The highest BCUT2D eigenvalue weighted by atomic mass is 32.1. The Labute approximate surface area is 150 Å². The molecule has 132 valence electrons. The number of carbonyl (C=O) groups is 1. The van der Waals surface area contributed by atoms with Crippen LogP contribution in [0.3, 0.4) is 0 Å². The number of aromatic amines is 1. The number of thiophene rings is 1. The van der Waals surface area contributed by atoms with Crippen LogP contribution in [-0.2, 0) is 11.3 Å². The second kappa shape index (κ2) is 7.37. The van der Waals surface area contributed by atoms with Gasteiger partial charge in [-0.25, -0.2) is 4.39 Å². The molecule has 0 radical (unpaired) electrons. The maximum Gasteiger partial charge on any atom is 0.270 e. The molecule has 0 fully saturated rings. The van der Waals surface area contributed by atoms with Crippen molar-refractivity contribution in [2.75, 3.05) is 20.3 Å². The lowest BCUT2D eigenvalue weighted by Gasteiger charge is -2.21. The van der Waals surface area contributed by atoms with Crippen molar-refractivity contribution in [2.24, 2.45) is 0 Å². The number of hydrogen-bond donors (Lipinski definition) is 1. The van der Waals surface area contributed by atoms with E-state index < -0.39 is 0 Å². The van der Waals surface area contributed by atoms with Crippen molar-refractivity contribution in [3.8, 4) is 0 Å². The van der Waals surface area contributed by atoms with Crippen molar-refractivity contribution in [3.05, 3.63) is 57.2 Å². The molecule has 0 bridgehead atoms. The minimum Gasteiger partial charge on any atom is -0.383 e. The molecule has 0 spiro atoms. The van der Waals surface area contributed by atoms with Gasteiger partial charge >= 0.3 is 0 Å². The molecule has 0 saturated heterocycles. The largest absolute Gasteiger partial charge is 0.383 e. The molecule has 2 aromatic heterocycles. The molecule has 0 saturated carbocycles. The van der Waals surface area contributed by atoms with E-state index in [4.69, 9.17) is 4.74 Å². The maximum absolute atomic E-state index is 14.0. The number of aromatic nitrogens is 1. The van der Waals surface area contributed by atoms with Crippen molar-refractivity contribution in [3.63, 3.8) is 0 Å². The van der Waals surface area contributed by atoms with Crippen molar-refractivity contribution in [2.45, 2.75) is 20.4 Å². The Morgan fingerprint density at radius 1 is 1.28 bits per heavy atom. The molecule has 0 aliphatic heterocycles. The first-order chi connectivity index (χ1) is 12.0. The number of ether oxygens (including phenoxy) is 1. The summed E-state index contributed by atoms with van der Waals surface area (Å²) in [5.74, 6) is -0.492. The van der Waals surface area contributed by atoms with E-state index in [9.17, 15) is 9.18 Å². The summed E-state index contributed by atoms with van der Waals surface area (Å²) < 4.78 is 19.2. The van der Waals surface area contributed by atoms with Crippen molar-refractivity contribution in [1.29, 1.82) is 0 Å². The zero-order chi connectivity index (χ0) is 18.0. The predicted octanol–water partition coefficient (Wildman–Crippen LogP) is 4.27. The standard InChI is InChI=1S/C19H21FN2O2S/c1-12-7-8-14(25-12)11-22(9-10-24-3)19(23)17-13(2)15-5-4-6-16(20)18(15)21-17/h4-8,21H,9-11H2,1-3H3. The lowest BCUT2D eigenvalue weighted by Crippen LogP contribution is -2.33. The van der Waals surface area contributed by atoms with Gasteiger partial charge in [-0.2, -0.15) is 0 Å². The van der Waals surface area contributed by atoms with Crippen molar-refractivity contribution in [1.82, 2.24) is 9.88 Å². The van der Waals surface area contributed by atoms with E-state index in [-0.39, 0.29) is 11.7 Å². The molecule has 0 atom stereocenters. The number of para-hydroxylation sites is 1. The quantitative estimate of drug-likeness (QED) is 0.713. The molecule has 3 aromatic rings. The predicted molar refractivity (Wildman–Crippen MR) is 98.7 cm³/mol. The molecule has 1 aromatic carbocycles. The van der Waals surface area contributed by atoms with Crippen molar-refractivity contribution < 1.29 is 13.9 Å². The third-order valence-electron chi connectivity index (χ3n) is 4.25. The van der Waals surface area contributed by atoms with Crippen LogP contribution < -0.4 is 0 Å². The number of methoxy groups -OCH3 is 1. The van der Waals surface area contributed by atoms with E-state index >= 15 is 0 Å². The summed E-state index contributed by atoms with van der Waals surface area (Å²) in [5, 5.41) is 0.738. The van der Waals surface area contributed by atoms with Gasteiger partial charge in [0.2, 0.25) is 0 Å². The smallest absolute Gasteiger partial charge is 0.270 e. The molecule has 0 aliphatic rings. The number of nitrogens with zero attached hydrogens (tertiary/aromatic N) is 1. The normalized spacial score (nSPS) is 11.2. The van der Waals surface area contributed by atoms with Gasteiger partial charge in [-0.1, -0.05) is 12.1 Å². The lowest BCUT2D eigenvalue weighted by atomic mass is 10.1. The summed E-state index contributed by atoms with van der Waals surface area (Å²) in [4.78, 5) is 20.1. The molecule has 4 nitrogen and oxygen atoms in total. The van der Waals surface area contributed by atoms with Crippen LogP contribution in [0.4, 0.5) is 4.39 Å². The monoisotopic (exact) mass is 360 g/mol. The molecule has 0 aliphatic carbocycles. The van der Waals surface area contributed by atoms with E-state index in [0.717, 1.165) is 15.8 Å². The number of benzene rings is 1. The summed E-state index contributed by atoms with van der Waals surface area (Å²) in [6.45, 7) is 5.32. The highest BCUT2D eigenvalue weighted by Crippen LogP contribution is 2.26. The van der Waals surface area contributed by atoms with E-state index in [1.807, 2.05) is 32.0 Å². The third kappa shape index (κ3) is 3.60. The van der Waals surface area contributed by atoms with Crippen LogP contribution in [0.15, 0.2) is 30.3 Å². The number of nitrogens with one attached hydrogen (secondary N) is 1. The number of amides is 1. The van der Waals surface area contributed by atoms with Crippen molar-refractivity contribution >= 4 is 28.1 Å². The number of hydrogen-bond acceptors (Lipinski definition) is 3. The number of H-pyrrole nitrogens is 1. The summed E-state index contributed by atoms with van der Waals surface area (Å²) in [6.07, 6.45) is 0. The Morgan fingerprint density at radius 2 is 2.08 bits per heavy atom. The van der Waals surface area contributed by atoms with Gasteiger partial charge in [-0.3, -0.25) is 4.79 Å². The maximum atomic E-state index is 14.0. The molecular formula is C19H21FN2O2S. The molecule has 6 heteroatoms. The molecule has 1 amide bonds. The van der Waals surface area contributed by atoms with E-state index in [0.29, 0.717) is 30.9 Å². The third-order valence-corrected chi connectivity index (χ3v) is 5.24. The average Bonchev–Trinajstić information content (AvgIpc) is 3.15. The minimum absolute atomic E-state index is 0.142. The first-order valence-electron chi connectivity index (χ1n) is 8.11. The summed E-state index contributed by atoms with van der Waals surface area (Å²) in [5.41, 5.74) is 1.58. The number of carbonyl (C=O) groups excluding carboxylic acids is 1. The first-order valence-corrected chi connectivity index (χ1v) is 8.93. The summed E-state index contributed by atoms with van der Waals surface area (Å²) >= 11 is 1.67. The number of aryl methyl sites for hydroxylation is 2. The Bertz CT molecular complexity index is 900. The Morgan fingerprint density at radius 3 is 2.72 bits per heavy atom.